The summed E-state index contributed by atoms with van der Waals surface area (Å²) in [7, 11) is 0. The molecule has 1 aromatic rings. The van der Waals surface area contributed by atoms with Crippen LogP contribution in [-0.4, -0.2) is 35.1 Å². The molecule has 1 aromatic heterocycles. The monoisotopic (exact) mass is 291 g/mol. The summed E-state index contributed by atoms with van der Waals surface area (Å²) in [5, 5.41) is 3.71. The van der Waals surface area contributed by atoms with Crippen molar-refractivity contribution in [2.75, 3.05) is 19.6 Å². The Morgan fingerprint density at radius 3 is 2.38 bits per heavy atom. The van der Waals surface area contributed by atoms with E-state index in [9.17, 15) is 0 Å². The first-order chi connectivity index (χ1) is 10.0. The lowest BCUT2D eigenvalue weighted by Crippen LogP contribution is -2.44. The molecule has 1 fully saturated rings. The second-order valence-corrected chi connectivity index (χ2v) is 6.83. The van der Waals surface area contributed by atoms with Gasteiger partial charge in [0, 0.05) is 37.1 Å². The lowest BCUT2D eigenvalue weighted by atomic mass is 10.0. The van der Waals surface area contributed by atoms with Gasteiger partial charge in [-0.05, 0) is 64.3 Å². The Kier molecular flexibility index (Phi) is 5.88. The average molecular weight is 291 g/mol. The zero-order chi connectivity index (χ0) is 15.4. The van der Waals surface area contributed by atoms with Crippen LogP contribution in [0.5, 0.6) is 0 Å². The maximum atomic E-state index is 3.71. The molecular formula is C18H33N3. The molecular weight excluding hydrogens is 258 g/mol. The molecule has 21 heavy (non-hydrogen) atoms. The highest BCUT2D eigenvalue weighted by Gasteiger charge is 2.24. The third kappa shape index (κ3) is 3.89. The summed E-state index contributed by atoms with van der Waals surface area (Å²) in [6.45, 7) is 17.1. The van der Waals surface area contributed by atoms with Crippen LogP contribution in [0.15, 0.2) is 6.07 Å². The molecule has 3 heteroatoms. The Balaban J connectivity index is 1.90. The average Bonchev–Trinajstić information content (AvgIpc) is 3.03. The van der Waals surface area contributed by atoms with Gasteiger partial charge in [-0.25, -0.2) is 0 Å². The second-order valence-electron chi connectivity index (χ2n) is 6.83. The van der Waals surface area contributed by atoms with E-state index in [-0.39, 0.29) is 0 Å². The minimum Gasteiger partial charge on any atom is -0.349 e. The van der Waals surface area contributed by atoms with Crippen LogP contribution in [0.4, 0.5) is 0 Å². The van der Waals surface area contributed by atoms with Crippen LogP contribution in [0, 0.1) is 19.8 Å². The van der Waals surface area contributed by atoms with E-state index >= 15 is 0 Å². The number of aromatic nitrogens is 1. The molecule has 0 spiro atoms. The lowest BCUT2D eigenvalue weighted by Gasteiger charge is -2.31. The Bertz CT molecular complexity index is 442. The summed E-state index contributed by atoms with van der Waals surface area (Å²) in [4.78, 5) is 2.67. The highest BCUT2D eigenvalue weighted by Crippen LogP contribution is 2.18. The number of nitrogens with one attached hydrogen (secondary N) is 1. The number of aryl methyl sites for hydroxylation is 1. The number of rotatable bonds is 7. The highest BCUT2D eigenvalue weighted by atomic mass is 15.2. The SMILES string of the molecule is CCn1c(C)cc(CNCC(C(C)C)N2CCCC2)c1C. The summed E-state index contributed by atoms with van der Waals surface area (Å²) in [5.41, 5.74) is 4.26. The van der Waals surface area contributed by atoms with Crippen LogP contribution in [0.1, 0.15) is 50.6 Å². The van der Waals surface area contributed by atoms with E-state index in [2.05, 4.69) is 55.5 Å². The van der Waals surface area contributed by atoms with Crippen molar-refractivity contribution >= 4 is 0 Å². The first-order valence-electron chi connectivity index (χ1n) is 8.65. The normalized spacial score (nSPS) is 17.8. The fourth-order valence-electron chi connectivity index (χ4n) is 3.75. The minimum absolute atomic E-state index is 0.683. The van der Waals surface area contributed by atoms with Crippen molar-refractivity contribution in [2.45, 2.75) is 66.6 Å². The number of hydrogen-bond donors (Lipinski definition) is 1. The van der Waals surface area contributed by atoms with E-state index in [1.807, 2.05) is 0 Å². The minimum atomic E-state index is 0.683. The zero-order valence-corrected chi connectivity index (χ0v) is 14.6. The maximum absolute atomic E-state index is 3.71. The van der Waals surface area contributed by atoms with Crippen molar-refractivity contribution < 1.29 is 0 Å². The van der Waals surface area contributed by atoms with Gasteiger partial charge in [-0.3, -0.25) is 4.90 Å². The van der Waals surface area contributed by atoms with Gasteiger partial charge in [0.25, 0.3) is 0 Å². The molecule has 1 aliphatic rings. The Morgan fingerprint density at radius 2 is 1.86 bits per heavy atom. The van der Waals surface area contributed by atoms with Crippen molar-refractivity contribution in [3.8, 4) is 0 Å². The lowest BCUT2D eigenvalue weighted by molar-refractivity contribution is 0.186. The Labute approximate surface area is 130 Å². The fraction of sp³-hybridized carbons (Fsp3) is 0.778. The third-order valence-electron chi connectivity index (χ3n) is 5.04. The van der Waals surface area contributed by atoms with E-state index in [4.69, 9.17) is 0 Å². The van der Waals surface area contributed by atoms with E-state index in [0.29, 0.717) is 6.04 Å². The van der Waals surface area contributed by atoms with E-state index in [1.54, 1.807) is 0 Å². The summed E-state index contributed by atoms with van der Waals surface area (Å²) >= 11 is 0. The molecule has 1 atom stereocenters. The predicted molar refractivity (Wildman–Crippen MR) is 90.7 cm³/mol. The molecule has 1 aliphatic heterocycles. The summed E-state index contributed by atoms with van der Waals surface area (Å²) in [6, 6.07) is 3.02. The van der Waals surface area contributed by atoms with E-state index in [0.717, 1.165) is 25.6 Å². The van der Waals surface area contributed by atoms with E-state index < -0.39 is 0 Å². The van der Waals surface area contributed by atoms with Gasteiger partial charge in [-0.1, -0.05) is 13.8 Å². The van der Waals surface area contributed by atoms with Crippen molar-refractivity contribution in [2.24, 2.45) is 5.92 Å². The number of nitrogens with zero attached hydrogens (tertiary/aromatic N) is 2. The van der Waals surface area contributed by atoms with Crippen LogP contribution >= 0.6 is 0 Å². The maximum Gasteiger partial charge on any atom is 0.0243 e. The highest BCUT2D eigenvalue weighted by molar-refractivity contribution is 5.26. The quantitative estimate of drug-likeness (QED) is 0.831. The zero-order valence-electron chi connectivity index (χ0n) is 14.6. The first kappa shape index (κ1) is 16.6. The Morgan fingerprint density at radius 1 is 1.19 bits per heavy atom. The van der Waals surface area contributed by atoms with Gasteiger partial charge in [0.15, 0.2) is 0 Å². The van der Waals surface area contributed by atoms with Crippen molar-refractivity contribution in [3.63, 3.8) is 0 Å². The summed E-state index contributed by atoms with van der Waals surface area (Å²) in [6.07, 6.45) is 2.75. The van der Waals surface area contributed by atoms with Crippen molar-refractivity contribution in [3.05, 3.63) is 23.0 Å². The summed E-state index contributed by atoms with van der Waals surface area (Å²) in [5.74, 6) is 0.721. The van der Waals surface area contributed by atoms with Gasteiger partial charge in [-0.2, -0.15) is 0 Å². The molecule has 0 aromatic carbocycles. The van der Waals surface area contributed by atoms with Gasteiger partial charge in [0.05, 0.1) is 0 Å². The molecule has 2 rings (SSSR count). The molecule has 0 aliphatic carbocycles. The molecule has 1 saturated heterocycles. The molecule has 0 saturated carbocycles. The molecule has 120 valence electrons. The van der Waals surface area contributed by atoms with Gasteiger partial charge in [0.2, 0.25) is 0 Å². The van der Waals surface area contributed by atoms with Crippen LogP contribution < -0.4 is 5.32 Å². The first-order valence-corrected chi connectivity index (χ1v) is 8.65. The third-order valence-corrected chi connectivity index (χ3v) is 5.04. The second kappa shape index (κ2) is 7.46. The van der Waals surface area contributed by atoms with E-state index in [1.165, 1.54) is 42.9 Å². The number of hydrogen-bond acceptors (Lipinski definition) is 2. The standard InChI is InChI=1S/C18H33N3/c1-6-21-15(4)11-17(16(21)5)12-19-13-18(14(2)3)20-9-7-8-10-20/h11,14,18-19H,6-10,12-13H2,1-5H3. The van der Waals surface area contributed by atoms with Crippen LogP contribution in [0.3, 0.4) is 0 Å². The van der Waals surface area contributed by atoms with Gasteiger partial charge in [-0.15, -0.1) is 0 Å². The summed E-state index contributed by atoms with van der Waals surface area (Å²) < 4.78 is 2.40. The molecule has 1 N–H and O–H groups in total. The smallest absolute Gasteiger partial charge is 0.0243 e. The Hall–Kier alpha value is -0.800. The molecule has 0 radical (unpaired) electrons. The van der Waals surface area contributed by atoms with Crippen molar-refractivity contribution in [1.82, 2.24) is 14.8 Å². The molecule has 2 heterocycles. The topological polar surface area (TPSA) is 20.2 Å². The fourth-order valence-corrected chi connectivity index (χ4v) is 3.75. The van der Waals surface area contributed by atoms with Crippen molar-refractivity contribution in [1.29, 1.82) is 0 Å². The van der Waals surface area contributed by atoms with Gasteiger partial charge >= 0.3 is 0 Å². The predicted octanol–water partition coefficient (Wildman–Crippen LogP) is 3.33. The largest absolute Gasteiger partial charge is 0.349 e. The number of likely N-dealkylation sites (tertiary alicyclic amines) is 1. The molecule has 3 nitrogen and oxygen atoms in total. The van der Waals surface area contributed by atoms with Crippen LogP contribution in [-0.2, 0) is 13.1 Å². The van der Waals surface area contributed by atoms with Crippen LogP contribution in [0.2, 0.25) is 0 Å². The van der Waals surface area contributed by atoms with Gasteiger partial charge < -0.3 is 9.88 Å². The van der Waals surface area contributed by atoms with Gasteiger partial charge in [0.1, 0.15) is 0 Å². The molecule has 0 bridgehead atoms. The van der Waals surface area contributed by atoms with Crippen LogP contribution in [0.25, 0.3) is 0 Å². The molecule has 1 unspecified atom stereocenters. The molecule has 0 amide bonds.